The third kappa shape index (κ3) is 3.85. The van der Waals surface area contributed by atoms with Crippen molar-refractivity contribution in [3.8, 4) is 11.3 Å². The minimum Gasteiger partial charge on any atom is -0.322 e. The molecule has 0 fully saturated rings. The van der Waals surface area contributed by atoms with E-state index in [1.807, 2.05) is 36.4 Å². The van der Waals surface area contributed by atoms with Crippen LogP contribution in [0.4, 0.5) is 5.69 Å². The summed E-state index contributed by atoms with van der Waals surface area (Å²) in [6.45, 7) is 5.64. The number of pyridine rings is 1. The summed E-state index contributed by atoms with van der Waals surface area (Å²) < 4.78 is 0. The number of fused-ring (bicyclic) bond motifs is 1. The molecule has 148 valence electrons. The van der Waals surface area contributed by atoms with Crippen molar-refractivity contribution in [1.82, 2.24) is 4.98 Å². The Balaban J connectivity index is 1.79. The Morgan fingerprint density at radius 2 is 1.63 bits per heavy atom. The van der Waals surface area contributed by atoms with Gasteiger partial charge in [-0.15, -0.1) is 0 Å². The number of carbonyl (C=O) groups is 2. The van der Waals surface area contributed by atoms with Crippen LogP contribution in [0, 0.1) is 13.8 Å². The predicted molar refractivity (Wildman–Crippen MR) is 121 cm³/mol. The van der Waals surface area contributed by atoms with Gasteiger partial charge in [-0.25, -0.2) is 4.98 Å². The molecule has 4 heteroatoms. The molecule has 0 unspecified atom stereocenters. The van der Waals surface area contributed by atoms with E-state index in [1.54, 1.807) is 24.3 Å². The highest BCUT2D eigenvalue weighted by atomic mass is 16.1. The van der Waals surface area contributed by atoms with Crippen molar-refractivity contribution in [3.63, 3.8) is 0 Å². The van der Waals surface area contributed by atoms with Crippen molar-refractivity contribution in [3.05, 3.63) is 95.1 Å². The van der Waals surface area contributed by atoms with Gasteiger partial charge in [0.05, 0.1) is 16.8 Å². The van der Waals surface area contributed by atoms with Crippen LogP contribution in [0.2, 0.25) is 0 Å². The lowest BCUT2D eigenvalue weighted by atomic mass is 10.0. The molecule has 0 radical (unpaired) electrons. The summed E-state index contributed by atoms with van der Waals surface area (Å²) >= 11 is 0. The fraction of sp³-hybridized carbons (Fsp3) is 0.115. The highest BCUT2D eigenvalue weighted by Gasteiger charge is 2.15. The third-order valence-electron chi connectivity index (χ3n) is 5.29. The third-order valence-corrected chi connectivity index (χ3v) is 5.29. The predicted octanol–water partition coefficient (Wildman–Crippen LogP) is 5.97. The normalized spacial score (nSPS) is 10.8. The van der Waals surface area contributed by atoms with Crippen molar-refractivity contribution >= 4 is 28.3 Å². The maximum atomic E-state index is 13.2. The first-order valence-corrected chi connectivity index (χ1v) is 9.82. The summed E-state index contributed by atoms with van der Waals surface area (Å²) in [5.74, 6) is -0.281. The van der Waals surface area contributed by atoms with Gasteiger partial charge < -0.3 is 5.32 Å². The molecule has 0 saturated carbocycles. The molecule has 0 aliphatic heterocycles. The van der Waals surface area contributed by atoms with E-state index in [1.165, 1.54) is 18.1 Å². The second kappa shape index (κ2) is 7.91. The molecular weight excluding hydrogens is 372 g/mol. The largest absolute Gasteiger partial charge is 0.322 e. The highest BCUT2D eigenvalue weighted by molar-refractivity contribution is 6.13. The molecule has 1 amide bonds. The molecule has 1 aromatic heterocycles. The zero-order valence-corrected chi connectivity index (χ0v) is 17.2. The number of hydrogen-bond donors (Lipinski definition) is 1. The smallest absolute Gasteiger partial charge is 0.256 e. The van der Waals surface area contributed by atoms with Crippen molar-refractivity contribution in [1.29, 1.82) is 0 Å². The van der Waals surface area contributed by atoms with Crippen LogP contribution in [-0.4, -0.2) is 16.7 Å². The average Bonchev–Trinajstić information content (AvgIpc) is 2.75. The van der Waals surface area contributed by atoms with Crippen LogP contribution < -0.4 is 5.32 Å². The van der Waals surface area contributed by atoms with Crippen LogP contribution in [0.1, 0.15) is 38.8 Å². The van der Waals surface area contributed by atoms with E-state index in [2.05, 4.69) is 31.3 Å². The highest BCUT2D eigenvalue weighted by Crippen LogP contribution is 2.27. The molecule has 30 heavy (non-hydrogen) atoms. The maximum absolute atomic E-state index is 13.2. The van der Waals surface area contributed by atoms with Crippen molar-refractivity contribution in [2.24, 2.45) is 0 Å². The van der Waals surface area contributed by atoms with Gasteiger partial charge in [0.15, 0.2) is 5.78 Å². The average molecular weight is 394 g/mol. The molecule has 1 heterocycles. The summed E-state index contributed by atoms with van der Waals surface area (Å²) in [5, 5.41) is 3.71. The number of aromatic nitrogens is 1. The zero-order valence-electron chi connectivity index (χ0n) is 17.2. The van der Waals surface area contributed by atoms with Gasteiger partial charge >= 0.3 is 0 Å². The van der Waals surface area contributed by atoms with E-state index >= 15 is 0 Å². The van der Waals surface area contributed by atoms with Crippen LogP contribution in [0.25, 0.3) is 22.2 Å². The molecule has 4 nitrogen and oxygen atoms in total. The van der Waals surface area contributed by atoms with Crippen LogP contribution in [0.15, 0.2) is 72.8 Å². The van der Waals surface area contributed by atoms with E-state index in [-0.39, 0.29) is 11.7 Å². The Morgan fingerprint density at radius 1 is 0.833 bits per heavy atom. The number of aryl methyl sites for hydroxylation is 2. The molecule has 0 bridgehead atoms. The van der Waals surface area contributed by atoms with E-state index in [9.17, 15) is 9.59 Å². The number of Topliss-reactive ketones (excluding diaryl/α,β-unsaturated/α-hetero) is 1. The first kappa shape index (κ1) is 19.5. The number of ketones is 1. The van der Waals surface area contributed by atoms with Gasteiger partial charge in [-0.05, 0) is 62.2 Å². The first-order valence-electron chi connectivity index (χ1n) is 9.82. The number of rotatable bonds is 4. The fourth-order valence-corrected chi connectivity index (χ4v) is 3.43. The Kier molecular flexibility index (Phi) is 5.15. The lowest BCUT2D eigenvalue weighted by Gasteiger charge is -2.12. The number of amides is 1. The van der Waals surface area contributed by atoms with Gasteiger partial charge in [0.2, 0.25) is 0 Å². The van der Waals surface area contributed by atoms with Gasteiger partial charge in [-0.2, -0.15) is 0 Å². The van der Waals surface area contributed by atoms with E-state index in [0.717, 1.165) is 22.2 Å². The lowest BCUT2D eigenvalue weighted by Crippen LogP contribution is -2.13. The zero-order chi connectivity index (χ0) is 21.3. The monoisotopic (exact) mass is 394 g/mol. The molecule has 0 atom stereocenters. The van der Waals surface area contributed by atoms with Crippen molar-refractivity contribution in [2.45, 2.75) is 20.8 Å². The maximum Gasteiger partial charge on any atom is 0.256 e. The number of carbonyl (C=O) groups excluding carboxylic acids is 2. The number of anilines is 1. The topological polar surface area (TPSA) is 59.1 Å². The molecular formula is C26H22N2O2. The lowest BCUT2D eigenvalue weighted by molar-refractivity contribution is 0.101. The summed E-state index contributed by atoms with van der Waals surface area (Å²) in [6, 6.07) is 22.6. The van der Waals surface area contributed by atoms with Crippen LogP contribution in [0.5, 0.6) is 0 Å². The van der Waals surface area contributed by atoms with Gasteiger partial charge in [0.1, 0.15) is 0 Å². The van der Waals surface area contributed by atoms with E-state index in [4.69, 9.17) is 4.98 Å². The van der Waals surface area contributed by atoms with Crippen LogP contribution in [-0.2, 0) is 0 Å². The quantitative estimate of drug-likeness (QED) is 0.434. The molecule has 0 saturated heterocycles. The fourth-order valence-electron chi connectivity index (χ4n) is 3.43. The van der Waals surface area contributed by atoms with Gasteiger partial charge in [0.25, 0.3) is 5.91 Å². The molecule has 1 N–H and O–H groups in total. The van der Waals surface area contributed by atoms with Crippen molar-refractivity contribution < 1.29 is 9.59 Å². The van der Waals surface area contributed by atoms with E-state index in [0.29, 0.717) is 16.8 Å². The molecule has 0 aliphatic rings. The summed E-state index contributed by atoms with van der Waals surface area (Å²) in [4.78, 5) is 29.6. The number of hydrogen-bond acceptors (Lipinski definition) is 3. The molecule has 3 aromatic carbocycles. The summed E-state index contributed by atoms with van der Waals surface area (Å²) in [6.07, 6.45) is 0. The molecule has 0 spiro atoms. The van der Waals surface area contributed by atoms with Crippen LogP contribution >= 0.6 is 0 Å². The number of para-hydroxylation sites is 1. The number of nitrogens with one attached hydrogen (secondary N) is 1. The standard InChI is InChI=1S/C26H22N2O2/c1-16-11-12-20(13-17(16)2)25-15-23(22-9-4-5-10-24(22)28-25)26(30)27-21-8-6-7-19(14-21)18(3)29/h4-15H,1-3H3,(H,27,30). The summed E-state index contributed by atoms with van der Waals surface area (Å²) in [7, 11) is 0. The summed E-state index contributed by atoms with van der Waals surface area (Å²) in [5.41, 5.74) is 6.55. The molecule has 4 aromatic rings. The number of benzene rings is 3. The van der Waals surface area contributed by atoms with Crippen molar-refractivity contribution in [2.75, 3.05) is 5.32 Å². The second-order valence-electron chi connectivity index (χ2n) is 7.46. The Labute approximate surface area is 175 Å². The molecule has 0 aliphatic carbocycles. The first-order chi connectivity index (χ1) is 14.4. The van der Waals surface area contributed by atoms with Crippen LogP contribution in [0.3, 0.4) is 0 Å². The van der Waals surface area contributed by atoms with Gasteiger partial charge in [-0.3, -0.25) is 9.59 Å². The molecule has 4 rings (SSSR count). The second-order valence-corrected chi connectivity index (χ2v) is 7.46. The SMILES string of the molecule is CC(=O)c1cccc(NC(=O)c2cc(-c3ccc(C)c(C)c3)nc3ccccc23)c1. The Morgan fingerprint density at radius 3 is 2.40 bits per heavy atom. The Hall–Kier alpha value is -3.79. The van der Waals surface area contributed by atoms with Gasteiger partial charge in [0, 0.05) is 22.2 Å². The minimum atomic E-state index is -0.237. The Bertz CT molecular complexity index is 1290. The minimum absolute atomic E-state index is 0.0440. The number of nitrogens with zero attached hydrogens (tertiary/aromatic N) is 1. The van der Waals surface area contributed by atoms with Gasteiger partial charge in [-0.1, -0.05) is 42.5 Å². The van der Waals surface area contributed by atoms with E-state index < -0.39 is 0 Å².